The molecule has 0 aliphatic heterocycles. The maximum Gasteiger partial charge on any atom is 0.275 e. The van der Waals surface area contributed by atoms with E-state index in [9.17, 15) is 13.2 Å². The van der Waals surface area contributed by atoms with E-state index in [1.807, 2.05) is 19.1 Å². The second kappa shape index (κ2) is 8.31. The van der Waals surface area contributed by atoms with Gasteiger partial charge in [-0.25, -0.2) is 23.1 Å². The van der Waals surface area contributed by atoms with Gasteiger partial charge in [-0.15, -0.1) is 0 Å². The van der Waals surface area contributed by atoms with E-state index in [1.165, 1.54) is 16.8 Å². The molecule has 0 bridgehead atoms. The molecule has 0 spiro atoms. The van der Waals surface area contributed by atoms with E-state index in [4.69, 9.17) is 0 Å². The Hall–Kier alpha value is -3.92. The second-order valence-corrected chi connectivity index (χ2v) is 9.25. The van der Waals surface area contributed by atoms with Gasteiger partial charge in [0.1, 0.15) is 17.2 Å². The fourth-order valence-corrected chi connectivity index (χ4v) is 3.77. The Morgan fingerprint density at radius 2 is 1.75 bits per heavy atom. The topological polar surface area (TPSA) is 120 Å². The van der Waals surface area contributed by atoms with Crippen molar-refractivity contribution >= 4 is 21.6 Å². The molecule has 1 aromatic carbocycles. The maximum absolute atomic E-state index is 13.0. The highest BCUT2D eigenvalue weighted by atomic mass is 32.2. The summed E-state index contributed by atoms with van der Waals surface area (Å²) in [5.41, 5.74) is 3.03. The average Bonchev–Trinajstić information content (AvgIpc) is 3.16. The first-order valence-electron chi connectivity index (χ1n) is 9.66. The number of carbonyl (C=O) groups excluding carboxylic acids is 1. The molecule has 0 saturated carbocycles. The van der Waals surface area contributed by atoms with Crippen LogP contribution in [0, 0.1) is 13.8 Å². The Morgan fingerprint density at radius 1 is 1.00 bits per heavy atom. The van der Waals surface area contributed by atoms with Gasteiger partial charge in [0.05, 0.1) is 16.3 Å². The van der Waals surface area contributed by atoms with Crippen LogP contribution in [0.15, 0.2) is 65.8 Å². The third-order valence-corrected chi connectivity index (χ3v) is 5.82. The lowest BCUT2D eigenvalue weighted by atomic mass is 10.2. The van der Waals surface area contributed by atoms with Crippen LogP contribution in [0.25, 0.3) is 17.2 Å². The fraction of sp³-hybridized carbons (Fsp3) is 0.136. The number of nitrogens with one attached hydrogen (secondary N) is 1. The minimum absolute atomic E-state index is 0.189. The summed E-state index contributed by atoms with van der Waals surface area (Å²) >= 11 is 0. The van der Waals surface area contributed by atoms with Crippen LogP contribution in [0.1, 0.15) is 21.7 Å². The van der Waals surface area contributed by atoms with Crippen molar-refractivity contribution in [1.82, 2.24) is 24.7 Å². The van der Waals surface area contributed by atoms with Crippen LogP contribution in [0.3, 0.4) is 0 Å². The molecule has 1 amide bonds. The van der Waals surface area contributed by atoms with Crippen LogP contribution in [-0.2, 0) is 9.84 Å². The third kappa shape index (κ3) is 4.40. The normalized spacial score (nSPS) is 11.3. The Morgan fingerprint density at radius 3 is 2.44 bits per heavy atom. The van der Waals surface area contributed by atoms with Crippen molar-refractivity contribution in [2.75, 3.05) is 11.6 Å². The zero-order chi connectivity index (χ0) is 22.9. The number of hydrogen-bond donors (Lipinski definition) is 1. The standard InChI is InChI=1S/C22H20N6O3S/c1-14-5-4-11-23-20(14)21-24-12-10-19(25-21)26-22(29)18-13-15(2)27-28(18)16-6-8-17(9-7-16)32(3,30)31/h4-13H,1-3H3,(H,24,25,26,29). The lowest BCUT2D eigenvalue weighted by Crippen LogP contribution is -2.18. The van der Waals surface area contributed by atoms with Crippen molar-refractivity contribution in [3.8, 4) is 17.2 Å². The number of anilines is 1. The van der Waals surface area contributed by atoms with Crippen molar-refractivity contribution in [2.45, 2.75) is 18.7 Å². The molecule has 10 heteroatoms. The van der Waals surface area contributed by atoms with Gasteiger partial charge in [-0.3, -0.25) is 9.78 Å². The zero-order valence-corrected chi connectivity index (χ0v) is 18.5. The van der Waals surface area contributed by atoms with Crippen LogP contribution in [0.2, 0.25) is 0 Å². The van der Waals surface area contributed by atoms with E-state index in [0.29, 0.717) is 28.7 Å². The number of benzene rings is 1. The molecule has 3 aromatic heterocycles. The second-order valence-electron chi connectivity index (χ2n) is 7.24. The summed E-state index contributed by atoms with van der Waals surface area (Å²) < 4.78 is 24.9. The monoisotopic (exact) mass is 448 g/mol. The molecule has 0 aliphatic carbocycles. The van der Waals surface area contributed by atoms with E-state index in [2.05, 4.69) is 25.4 Å². The number of rotatable bonds is 5. The van der Waals surface area contributed by atoms with Crippen molar-refractivity contribution in [2.24, 2.45) is 0 Å². The smallest absolute Gasteiger partial charge is 0.275 e. The number of carbonyl (C=O) groups is 1. The molecule has 4 aromatic rings. The molecule has 32 heavy (non-hydrogen) atoms. The number of nitrogens with zero attached hydrogens (tertiary/aromatic N) is 5. The Bertz CT molecular complexity index is 1410. The molecule has 0 radical (unpaired) electrons. The molecular weight excluding hydrogens is 428 g/mol. The van der Waals surface area contributed by atoms with Crippen LogP contribution < -0.4 is 5.32 Å². The first-order chi connectivity index (χ1) is 15.2. The Balaban J connectivity index is 1.63. The molecule has 0 saturated heterocycles. The fourth-order valence-electron chi connectivity index (χ4n) is 3.14. The number of aromatic nitrogens is 5. The first kappa shape index (κ1) is 21.3. The molecule has 162 valence electrons. The Labute approximate surface area is 185 Å². The molecule has 0 unspecified atom stereocenters. The lowest BCUT2D eigenvalue weighted by molar-refractivity contribution is 0.101. The minimum Gasteiger partial charge on any atom is -0.305 e. The van der Waals surface area contributed by atoms with Gasteiger partial charge in [-0.1, -0.05) is 6.07 Å². The van der Waals surface area contributed by atoms with Crippen molar-refractivity contribution in [1.29, 1.82) is 0 Å². The molecule has 4 rings (SSSR count). The number of aryl methyl sites for hydroxylation is 2. The molecule has 0 aliphatic rings. The van der Waals surface area contributed by atoms with E-state index >= 15 is 0 Å². The summed E-state index contributed by atoms with van der Waals surface area (Å²) in [5, 5.41) is 7.15. The summed E-state index contributed by atoms with van der Waals surface area (Å²) in [7, 11) is -3.32. The molecule has 3 heterocycles. The van der Waals surface area contributed by atoms with Crippen molar-refractivity contribution in [3.05, 3.63) is 77.9 Å². The van der Waals surface area contributed by atoms with Crippen LogP contribution in [0.5, 0.6) is 0 Å². The van der Waals surface area contributed by atoms with Gasteiger partial charge in [0.15, 0.2) is 15.7 Å². The predicted octanol–water partition coefficient (Wildman–Crippen LogP) is 3.00. The SMILES string of the molecule is Cc1cc(C(=O)Nc2ccnc(-c3ncccc3C)n2)n(-c2ccc(S(C)(=O)=O)cc2)n1. The van der Waals surface area contributed by atoms with Gasteiger partial charge in [-0.2, -0.15) is 5.10 Å². The quantitative estimate of drug-likeness (QED) is 0.498. The van der Waals surface area contributed by atoms with Crippen LogP contribution in [0.4, 0.5) is 5.82 Å². The van der Waals surface area contributed by atoms with Crippen LogP contribution >= 0.6 is 0 Å². The lowest BCUT2D eigenvalue weighted by Gasteiger charge is -2.09. The highest BCUT2D eigenvalue weighted by Crippen LogP contribution is 2.19. The highest BCUT2D eigenvalue weighted by Gasteiger charge is 2.17. The van der Waals surface area contributed by atoms with Gasteiger partial charge in [-0.05, 0) is 61.9 Å². The molecular formula is C22H20N6O3S. The van der Waals surface area contributed by atoms with Gasteiger partial charge >= 0.3 is 0 Å². The minimum atomic E-state index is -3.32. The van der Waals surface area contributed by atoms with E-state index in [0.717, 1.165) is 11.8 Å². The number of hydrogen-bond acceptors (Lipinski definition) is 7. The summed E-state index contributed by atoms with van der Waals surface area (Å²) in [5.74, 6) is 0.310. The first-order valence-corrected chi connectivity index (χ1v) is 11.5. The van der Waals surface area contributed by atoms with Gasteiger partial charge in [0, 0.05) is 18.6 Å². The number of pyridine rings is 1. The molecule has 1 N–H and O–H groups in total. The molecule has 9 nitrogen and oxygen atoms in total. The van der Waals surface area contributed by atoms with Crippen LogP contribution in [-0.4, -0.2) is 45.3 Å². The van der Waals surface area contributed by atoms with E-state index in [-0.39, 0.29) is 10.6 Å². The summed E-state index contributed by atoms with van der Waals surface area (Å²) in [4.78, 5) is 26.2. The van der Waals surface area contributed by atoms with E-state index in [1.54, 1.807) is 43.6 Å². The van der Waals surface area contributed by atoms with Crippen molar-refractivity contribution in [3.63, 3.8) is 0 Å². The third-order valence-electron chi connectivity index (χ3n) is 4.69. The van der Waals surface area contributed by atoms with Gasteiger partial charge in [0.25, 0.3) is 5.91 Å². The summed E-state index contributed by atoms with van der Waals surface area (Å²) in [6.07, 6.45) is 4.35. The van der Waals surface area contributed by atoms with Gasteiger partial charge in [0.2, 0.25) is 0 Å². The molecule has 0 fully saturated rings. The Kier molecular flexibility index (Phi) is 5.54. The molecule has 0 atom stereocenters. The number of sulfone groups is 1. The number of amides is 1. The predicted molar refractivity (Wildman–Crippen MR) is 119 cm³/mol. The summed E-state index contributed by atoms with van der Waals surface area (Å²) in [6, 6.07) is 13.1. The largest absolute Gasteiger partial charge is 0.305 e. The van der Waals surface area contributed by atoms with E-state index < -0.39 is 15.7 Å². The zero-order valence-electron chi connectivity index (χ0n) is 17.6. The average molecular weight is 449 g/mol. The maximum atomic E-state index is 13.0. The highest BCUT2D eigenvalue weighted by molar-refractivity contribution is 7.90. The van der Waals surface area contributed by atoms with Crippen molar-refractivity contribution < 1.29 is 13.2 Å². The van der Waals surface area contributed by atoms with Gasteiger partial charge < -0.3 is 5.32 Å². The summed E-state index contributed by atoms with van der Waals surface area (Å²) in [6.45, 7) is 3.68.